The Labute approximate surface area is 97.0 Å². The van der Waals surface area contributed by atoms with Crippen LogP contribution in [0.15, 0.2) is 12.4 Å². The van der Waals surface area contributed by atoms with Crippen molar-refractivity contribution >= 4 is 0 Å². The van der Waals surface area contributed by atoms with E-state index in [1.54, 1.807) is 0 Å². The van der Waals surface area contributed by atoms with Crippen LogP contribution in [0.3, 0.4) is 0 Å². The molecule has 90 valence electrons. The number of hydrogen-bond donors (Lipinski definition) is 1. The number of nitrogens with zero attached hydrogens (tertiary/aromatic N) is 2. The molecule has 1 unspecified atom stereocenters. The summed E-state index contributed by atoms with van der Waals surface area (Å²) in [5, 5.41) is 7.67. The molecule has 1 aliphatic heterocycles. The van der Waals surface area contributed by atoms with Gasteiger partial charge >= 0.3 is 0 Å². The van der Waals surface area contributed by atoms with E-state index in [4.69, 9.17) is 4.74 Å². The zero-order valence-corrected chi connectivity index (χ0v) is 10.1. The Morgan fingerprint density at radius 3 is 3.00 bits per heavy atom. The molecule has 2 heterocycles. The predicted molar refractivity (Wildman–Crippen MR) is 63.7 cm³/mol. The summed E-state index contributed by atoms with van der Waals surface area (Å²) in [7, 11) is 1.99. The lowest BCUT2D eigenvalue weighted by Crippen LogP contribution is -2.20. The SMILES string of the molecule is CNCC(C)c1cnn(C2CCOCC2)c1. The van der Waals surface area contributed by atoms with Crippen LogP contribution in [0.1, 0.15) is 37.3 Å². The molecule has 1 aromatic heterocycles. The number of ether oxygens (including phenoxy) is 1. The zero-order valence-electron chi connectivity index (χ0n) is 10.1. The maximum absolute atomic E-state index is 5.36. The number of rotatable bonds is 4. The average molecular weight is 223 g/mol. The number of hydrogen-bond acceptors (Lipinski definition) is 3. The first-order valence-corrected chi connectivity index (χ1v) is 6.07. The van der Waals surface area contributed by atoms with Crippen LogP contribution in [0, 0.1) is 0 Å². The lowest BCUT2D eigenvalue weighted by atomic mass is 10.1. The molecule has 1 aliphatic rings. The van der Waals surface area contributed by atoms with Crippen molar-refractivity contribution in [2.24, 2.45) is 0 Å². The Morgan fingerprint density at radius 2 is 2.31 bits per heavy atom. The summed E-state index contributed by atoms with van der Waals surface area (Å²) in [6, 6.07) is 0.532. The highest BCUT2D eigenvalue weighted by Crippen LogP contribution is 2.22. The summed E-state index contributed by atoms with van der Waals surface area (Å²) in [4.78, 5) is 0. The molecule has 0 amide bonds. The second kappa shape index (κ2) is 5.46. The number of nitrogens with one attached hydrogen (secondary N) is 1. The van der Waals surface area contributed by atoms with Gasteiger partial charge in [0.25, 0.3) is 0 Å². The molecule has 4 nitrogen and oxygen atoms in total. The van der Waals surface area contributed by atoms with Gasteiger partial charge in [0.15, 0.2) is 0 Å². The van der Waals surface area contributed by atoms with E-state index in [-0.39, 0.29) is 0 Å². The molecule has 4 heteroatoms. The summed E-state index contributed by atoms with van der Waals surface area (Å²) in [6.45, 7) is 4.96. The van der Waals surface area contributed by atoms with E-state index in [1.807, 2.05) is 13.2 Å². The first-order chi connectivity index (χ1) is 7.81. The fourth-order valence-electron chi connectivity index (χ4n) is 2.18. The number of likely N-dealkylation sites (N-methyl/N-ethyl adjacent to an activating group) is 1. The standard InChI is InChI=1S/C12H21N3O/c1-10(7-13-2)11-8-14-15(9-11)12-3-5-16-6-4-12/h8-10,12-13H,3-7H2,1-2H3. The van der Waals surface area contributed by atoms with Crippen LogP contribution in [0.2, 0.25) is 0 Å². The van der Waals surface area contributed by atoms with Crippen molar-refractivity contribution in [3.63, 3.8) is 0 Å². The van der Waals surface area contributed by atoms with Crippen LogP contribution in [0.25, 0.3) is 0 Å². The minimum Gasteiger partial charge on any atom is -0.381 e. The minimum absolute atomic E-state index is 0.526. The molecule has 1 N–H and O–H groups in total. The Morgan fingerprint density at radius 1 is 1.56 bits per heavy atom. The van der Waals surface area contributed by atoms with Gasteiger partial charge in [0.2, 0.25) is 0 Å². The van der Waals surface area contributed by atoms with Crippen LogP contribution in [-0.2, 0) is 4.74 Å². The molecule has 0 aromatic carbocycles. The molecule has 1 fully saturated rings. The monoisotopic (exact) mass is 223 g/mol. The molecule has 0 spiro atoms. The van der Waals surface area contributed by atoms with Gasteiger partial charge in [0, 0.05) is 26.0 Å². The van der Waals surface area contributed by atoms with Crippen molar-refractivity contribution in [1.82, 2.24) is 15.1 Å². The van der Waals surface area contributed by atoms with E-state index in [2.05, 4.69) is 28.2 Å². The van der Waals surface area contributed by atoms with Crippen LogP contribution >= 0.6 is 0 Å². The van der Waals surface area contributed by atoms with Crippen LogP contribution < -0.4 is 5.32 Å². The highest BCUT2D eigenvalue weighted by atomic mass is 16.5. The largest absolute Gasteiger partial charge is 0.381 e. The first kappa shape index (κ1) is 11.6. The van der Waals surface area contributed by atoms with Gasteiger partial charge in [-0.2, -0.15) is 5.10 Å². The van der Waals surface area contributed by atoms with Crippen LogP contribution in [0.4, 0.5) is 0 Å². The fraction of sp³-hybridized carbons (Fsp3) is 0.750. The van der Waals surface area contributed by atoms with Crippen molar-refractivity contribution in [2.45, 2.75) is 31.7 Å². The van der Waals surface area contributed by atoms with Gasteiger partial charge in [-0.1, -0.05) is 6.92 Å². The second-order valence-corrected chi connectivity index (χ2v) is 4.56. The summed E-state index contributed by atoms with van der Waals surface area (Å²) < 4.78 is 7.48. The van der Waals surface area contributed by atoms with Crippen LogP contribution in [0.5, 0.6) is 0 Å². The van der Waals surface area contributed by atoms with E-state index in [0.29, 0.717) is 12.0 Å². The summed E-state index contributed by atoms with van der Waals surface area (Å²) in [5.41, 5.74) is 1.32. The third kappa shape index (κ3) is 2.62. The molecular weight excluding hydrogens is 202 g/mol. The predicted octanol–water partition coefficient (Wildman–Crippen LogP) is 1.56. The Balaban J connectivity index is 2.00. The molecule has 0 radical (unpaired) electrons. The van der Waals surface area contributed by atoms with E-state index in [9.17, 15) is 0 Å². The van der Waals surface area contributed by atoms with Gasteiger partial charge in [0.05, 0.1) is 12.2 Å². The third-order valence-electron chi connectivity index (χ3n) is 3.27. The normalized spacial score (nSPS) is 19.9. The summed E-state index contributed by atoms with van der Waals surface area (Å²) in [5.74, 6) is 0.526. The average Bonchev–Trinajstić information content (AvgIpc) is 2.80. The number of aromatic nitrogens is 2. The van der Waals surface area contributed by atoms with Crippen molar-refractivity contribution in [3.8, 4) is 0 Å². The maximum atomic E-state index is 5.36. The molecule has 0 aliphatic carbocycles. The maximum Gasteiger partial charge on any atom is 0.0563 e. The summed E-state index contributed by atoms with van der Waals surface area (Å²) in [6.07, 6.45) is 6.36. The molecule has 0 bridgehead atoms. The van der Waals surface area contributed by atoms with E-state index in [0.717, 1.165) is 32.6 Å². The lowest BCUT2D eigenvalue weighted by molar-refractivity contribution is 0.0662. The van der Waals surface area contributed by atoms with Gasteiger partial charge in [-0.25, -0.2) is 0 Å². The van der Waals surface area contributed by atoms with Crippen molar-refractivity contribution in [1.29, 1.82) is 0 Å². The van der Waals surface area contributed by atoms with Crippen LogP contribution in [-0.4, -0.2) is 36.6 Å². The topological polar surface area (TPSA) is 39.1 Å². The Kier molecular flexibility index (Phi) is 3.96. The third-order valence-corrected chi connectivity index (χ3v) is 3.27. The van der Waals surface area contributed by atoms with Gasteiger partial charge < -0.3 is 10.1 Å². The zero-order chi connectivity index (χ0) is 11.4. The Hall–Kier alpha value is -0.870. The Bertz CT molecular complexity index is 318. The minimum atomic E-state index is 0.526. The van der Waals surface area contributed by atoms with Crippen molar-refractivity contribution in [2.75, 3.05) is 26.8 Å². The molecule has 1 atom stereocenters. The molecule has 1 saturated heterocycles. The van der Waals surface area contributed by atoms with Crippen molar-refractivity contribution < 1.29 is 4.74 Å². The van der Waals surface area contributed by atoms with E-state index >= 15 is 0 Å². The van der Waals surface area contributed by atoms with E-state index < -0.39 is 0 Å². The van der Waals surface area contributed by atoms with Gasteiger partial charge in [0.1, 0.15) is 0 Å². The smallest absolute Gasteiger partial charge is 0.0563 e. The van der Waals surface area contributed by atoms with Gasteiger partial charge in [-0.05, 0) is 31.4 Å². The van der Waals surface area contributed by atoms with Gasteiger partial charge in [-0.15, -0.1) is 0 Å². The van der Waals surface area contributed by atoms with Crippen molar-refractivity contribution in [3.05, 3.63) is 18.0 Å². The lowest BCUT2D eigenvalue weighted by Gasteiger charge is -2.22. The quantitative estimate of drug-likeness (QED) is 0.842. The molecule has 1 aromatic rings. The highest BCUT2D eigenvalue weighted by Gasteiger charge is 2.17. The van der Waals surface area contributed by atoms with E-state index in [1.165, 1.54) is 5.56 Å². The first-order valence-electron chi connectivity index (χ1n) is 6.07. The molecule has 2 rings (SSSR count). The summed E-state index contributed by atoms with van der Waals surface area (Å²) >= 11 is 0. The molecule has 16 heavy (non-hydrogen) atoms. The molecule has 0 saturated carbocycles. The fourth-order valence-corrected chi connectivity index (χ4v) is 2.18. The molecular formula is C12H21N3O. The second-order valence-electron chi connectivity index (χ2n) is 4.56. The highest BCUT2D eigenvalue weighted by molar-refractivity contribution is 5.11. The van der Waals surface area contributed by atoms with Gasteiger partial charge in [-0.3, -0.25) is 4.68 Å².